The number of aromatic nitrogens is 1. The third-order valence-electron chi connectivity index (χ3n) is 11.0. The van der Waals surface area contributed by atoms with E-state index in [2.05, 4.69) is 47.7 Å². The van der Waals surface area contributed by atoms with Gasteiger partial charge in [0.05, 0.1) is 17.4 Å². The highest BCUT2D eigenvalue weighted by molar-refractivity contribution is 6.74. The summed E-state index contributed by atoms with van der Waals surface area (Å²) >= 11 is 0. The van der Waals surface area contributed by atoms with Gasteiger partial charge in [0.25, 0.3) is 0 Å². The molecule has 3 nitrogen and oxygen atoms in total. The van der Waals surface area contributed by atoms with E-state index in [0.717, 1.165) is 93.3 Å². The summed E-state index contributed by atoms with van der Waals surface area (Å²) in [5.74, 6) is 0.549. The Balaban J connectivity index is 1.75. The number of rotatable bonds is 6. The fourth-order valence-electron chi connectivity index (χ4n) is 7.61. The predicted octanol–water partition coefficient (Wildman–Crippen LogP) is 10.9. The van der Waals surface area contributed by atoms with Crippen molar-refractivity contribution in [3.05, 3.63) is 63.5 Å². The zero-order chi connectivity index (χ0) is 31.4. The number of pyridine rings is 1. The SMILES string of the molecule is CC1(C)Cc2nc(C3CCCC3)c(C(O)c3ccc(C(F)(F)F)cc3)c(C3CCCCC3)c2[C@H](O[Si](C)(C)C(C)(C)C)C1. The minimum Gasteiger partial charge on any atom is -0.410 e. The lowest BCUT2D eigenvalue weighted by Crippen LogP contribution is -2.44. The number of aliphatic hydroxyl groups excluding tert-OH is 1. The third-order valence-corrected chi connectivity index (χ3v) is 15.4. The van der Waals surface area contributed by atoms with Crippen LogP contribution in [-0.2, 0) is 17.0 Å². The summed E-state index contributed by atoms with van der Waals surface area (Å²) in [5, 5.41) is 12.3. The van der Waals surface area contributed by atoms with Crippen LogP contribution >= 0.6 is 0 Å². The minimum absolute atomic E-state index is 0.0252. The second-order valence-corrected chi connectivity index (χ2v) is 20.7. The first kappa shape index (κ1) is 32.7. The maximum Gasteiger partial charge on any atom is 0.416 e. The van der Waals surface area contributed by atoms with Crippen molar-refractivity contribution in [2.75, 3.05) is 0 Å². The molecule has 0 amide bonds. The van der Waals surface area contributed by atoms with Crippen molar-refractivity contribution in [3.8, 4) is 0 Å². The molecule has 0 spiro atoms. The lowest BCUT2D eigenvalue weighted by Gasteiger charge is -2.46. The lowest BCUT2D eigenvalue weighted by molar-refractivity contribution is -0.137. The van der Waals surface area contributed by atoms with Crippen LogP contribution < -0.4 is 0 Å². The summed E-state index contributed by atoms with van der Waals surface area (Å²) in [5.41, 5.74) is 5.25. The molecule has 2 fully saturated rings. The topological polar surface area (TPSA) is 42.4 Å². The van der Waals surface area contributed by atoms with Crippen LogP contribution in [0.25, 0.3) is 0 Å². The van der Waals surface area contributed by atoms with Crippen molar-refractivity contribution in [2.24, 2.45) is 5.41 Å². The van der Waals surface area contributed by atoms with Crippen LogP contribution in [0.1, 0.15) is 162 Å². The zero-order valence-electron chi connectivity index (χ0n) is 27.3. The van der Waals surface area contributed by atoms with E-state index < -0.39 is 26.2 Å². The molecule has 43 heavy (non-hydrogen) atoms. The first-order valence-corrected chi connectivity index (χ1v) is 19.5. The maximum absolute atomic E-state index is 13.4. The number of alkyl halides is 3. The first-order chi connectivity index (χ1) is 20.0. The second kappa shape index (κ2) is 11.9. The molecule has 2 atom stereocenters. The van der Waals surface area contributed by atoms with Gasteiger partial charge in [-0.05, 0) is 91.2 Å². The zero-order valence-corrected chi connectivity index (χ0v) is 28.3. The lowest BCUT2D eigenvalue weighted by atomic mass is 9.69. The highest BCUT2D eigenvalue weighted by Crippen LogP contribution is 2.53. The van der Waals surface area contributed by atoms with E-state index >= 15 is 0 Å². The molecule has 5 rings (SSSR count). The molecule has 7 heteroatoms. The highest BCUT2D eigenvalue weighted by Gasteiger charge is 2.46. The van der Waals surface area contributed by atoms with Crippen LogP contribution in [0.15, 0.2) is 24.3 Å². The average Bonchev–Trinajstić information content (AvgIpc) is 3.45. The van der Waals surface area contributed by atoms with Gasteiger partial charge in [0, 0.05) is 22.7 Å². The Hall–Kier alpha value is -1.70. The van der Waals surface area contributed by atoms with Crippen molar-refractivity contribution in [1.29, 1.82) is 0 Å². The Morgan fingerprint density at radius 1 is 0.884 bits per heavy atom. The molecule has 0 saturated heterocycles. The normalized spacial score (nSPS) is 22.9. The molecule has 2 aromatic rings. The van der Waals surface area contributed by atoms with E-state index in [4.69, 9.17) is 9.41 Å². The largest absolute Gasteiger partial charge is 0.416 e. The highest BCUT2D eigenvalue weighted by atomic mass is 28.4. The molecule has 3 aliphatic carbocycles. The number of nitrogens with zero attached hydrogens (tertiary/aromatic N) is 1. The number of hydrogen-bond acceptors (Lipinski definition) is 3. The van der Waals surface area contributed by atoms with Gasteiger partial charge in [0.1, 0.15) is 6.10 Å². The van der Waals surface area contributed by atoms with E-state index in [1.54, 1.807) is 0 Å². The van der Waals surface area contributed by atoms with Gasteiger partial charge < -0.3 is 9.53 Å². The second-order valence-electron chi connectivity index (χ2n) is 15.9. The van der Waals surface area contributed by atoms with Gasteiger partial charge in [-0.15, -0.1) is 0 Å². The molecule has 1 heterocycles. The fraction of sp³-hybridized carbons (Fsp3) is 0.694. The molecule has 0 radical (unpaired) electrons. The summed E-state index contributed by atoms with van der Waals surface area (Å²) in [6.07, 6.45) is 6.19. The molecule has 1 aromatic carbocycles. The van der Waals surface area contributed by atoms with E-state index in [9.17, 15) is 18.3 Å². The van der Waals surface area contributed by atoms with Gasteiger partial charge in [-0.2, -0.15) is 13.2 Å². The number of fused-ring (bicyclic) bond motifs is 1. The van der Waals surface area contributed by atoms with Crippen LogP contribution in [0, 0.1) is 5.41 Å². The van der Waals surface area contributed by atoms with Crippen LogP contribution in [0.5, 0.6) is 0 Å². The minimum atomic E-state index is -4.42. The Morgan fingerprint density at radius 3 is 2.00 bits per heavy atom. The molecule has 1 aromatic heterocycles. The monoisotopic (exact) mass is 615 g/mol. The van der Waals surface area contributed by atoms with Gasteiger partial charge in [-0.25, -0.2) is 0 Å². The van der Waals surface area contributed by atoms with Crippen LogP contribution in [-0.4, -0.2) is 18.4 Å². The number of hydrogen-bond donors (Lipinski definition) is 1. The summed E-state index contributed by atoms with van der Waals surface area (Å²) in [6, 6.07) is 5.13. The van der Waals surface area contributed by atoms with Crippen LogP contribution in [0.3, 0.4) is 0 Å². The number of halogens is 3. The van der Waals surface area contributed by atoms with E-state index in [1.807, 2.05) is 0 Å². The molecule has 2 saturated carbocycles. The van der Waals surface area contributed by atoms with Gasteiger partial charge >= 0.3 is 6.18 Å². The summed E-state index contributed by atoms with van der Waals surface area (Å²) in [4.78, 5) is 5.49. The third kappa shape index (κ3) is 6.79. The molecular weight excluding hydrogens is 563 g/mol. The van der Waals surface area contributed by atoms with Gasteiger partial charge in [-0.1, -0.05) is 78.9 Å². The Morgan fingerprint density at radius 2 is 1.44 bits per heavy atom. The molecule has 0 bridgehead atoms. The van der Waals surface area contributed by atoms with Gasteiger partial charge in [-0.3, -0.25) is 4.98 Å². The van der Waals surface area contributed by atoms with E-state index in [-0.39, 0.29) is 28.4 Å². The van der Waals surface area contributed by atoms with Crippen LogP contribution in [0.4, 0.5) is 13.2 Å². The standard InChI is InChI=1S/C36H52F3NO2Si/c1-34(2,3)43(6,7)42-28-22-35(4,5)21-27-30(28)29(23-13-9-8-10-14-23)31(32(40-27)24-15-11-12-16-24)33(41)25-17-19-26(20-18-25)36(37,38)39/h17-20,23-24,28,33,41H,8-16,21-22H2,1-7H3/t28-,33?/m1/s1. The Labute approximate surface area is 258 Å². The van der Waals surface area contributed by atoms with E-state index in [0.29, 0.717) is 5.56 Å². The summed E-state index contributed by atoms with van der Waals surface area (Å²) in [7, 11) is -2.16. The Bertz CT molecular complexity index is 1280. The smallest absolute Gasteiger partial charge is 0.410 e. The van der Waals surface area contributed by atoms with Crippen molar-refractivity contribution in [1.82, 2.24) is 4.98 Å². The number of benzene rings is 1. The molecule has 238 valence electrons. The van der Waals surface area contributed by atoms with Crippen LogP contribution in [0.2, 0.25) is 18.1 Å². The predicted molar refractivity (Wildman–Crippen MR) is 170 cm³/mol. The molecular formula is C36H52F3NO2Si. The van der Waals surface area contributed by atoms with Crippen molar-refractivity contribution in [3.63, 3.8) is 0 Å². The summed E-state index contributed by atoms with van der Waals surface area (Å²) < 4.78 is 47.6. The average molecular weight is 616 g/mol. The fourth-order valence-corrected chi connectivity index (χ4v) is 8.88. The summed E-state index contributed by atoms with van der Waals surface area (Å²) in [6.45, 7) is 16.1. The first-order valence-electron chi connectivity index (χ1n) is 16.6. The number of aliphatic hydroxyl groups is 1. The maximum atomic E-state index is 13.4. The molecule has 3 aliphatic rings. The molecule has 0 aliphatic heterocycles. The van der Waals surface area contributed by atoms with Crippen molar-refractivity contribution in [2.45, 2.75) is 154 Å². The molecule has 1 unspecified atom stereocenters. The van der Waals surface area contributed by atoms with Crippen molar-refractivity contribution < 1.29 is 22.7 Å². The van der Waals surface area contributed by atoms with Gasteiger partial charge in [0.2, 0.25) is 0 Å². The quantitative estimate of drug-likeness (QED) is 0.329. The van der Waals surface area contributed by atoms with E-state index in [1.165, 1.54) is 29.7 Å². The Kier molecular flexibility index (Phi) is 9.05. The molecule has 1 N–H and O–H groups in total. The van der Waals surface area contributed by atoms with Crippen molar-refractivity contribution >= 4 is 8.32 Å². The van der Waals surface area contributed by atoms with Gasteiger partial charge in [0.15, 0.2) is 8.32 Å².